The highest BCUT2D eigenvalue weighted by Crippen LogP contribution is 2.32. The van der Waals surface area contributed by atoms with E-state index >= 15 is 0 Å². The van der Waals surface area contributed by atoms with Crippen LogP contribution in [0, 0.1) is 5.92 Å². The zero-order chi connectivity index (χ0) is 20.9. The number of anilines is 1. The van der Waals surface area contributed by atoms with Gasteiger partial charge in [0.15, 0.2) is 11.5 Å². The van der Waals surface area contributed by atoms with E-state index in [2.05, 4.69) is 15.0 Å². The van der Waals surface area contributed by atoms with Crippen LogP contribution in [-0.2, 0) is 4.79 Å². The van der Waals surface area contributed by atoms with Gasteiger partial charge < -0.3 is 23.8 Å². The van der Waals surface area contributed by atoms with Crippen LogP contribution in [0.25, 0.3) is 11.4 Å². The van der Waals surface area contributed by atoms with Gasteiger partial charge in [-0.2, -0.15) is 4.98 Å². The molecule has 0 spiro atoms. The molecule has 4 rings (SSSR count). The average Bonchev–Trinajstić information content (AvgIpc) is 3.30. The Morgan fingerprint density at radius 1 is 1.13 bits per heavy atom. The number of rotatable bonds is 6. The van der Waals surface area contributed by atoms with E-state index in [4.69, 9.17) is 14.0 Å². The number of amides is 1. The van der Waals surface area contributed by atoms with Gasteiger partial charge in [-0.3, -0.25) is 4.79 Å². The first-order chi connectivity index (χ1) is 14.7. The maximum absolute atomic E-state index is 12.8. The summed E-state index contributed by atoms with van der Waals surface area (Å²) < 4.78 is 16.5. The van der Waals surface area contributed by atoms with Crippen molar-refractivity contribution in [3.8, 4) is 22.9 Å². The van der Waals surface area contributed by atoms with Gasteiger partial charge in [-0.25, -0.2) is 0 Å². The summed E-state index contributed by atoms with van der Waals surface area (Å²) in [5, 5.41) is 4.14. The smallest absolute Gasteiger partial charge is 0.324 e. The SMILES string of the molecule is CCOc1ccc(-c2noc(N3CCC(C(=O)N4CCCCC4)CC3)n2)cc1OC. The van der Waals surface area contributed by atoms with Crippen molar-refractivity contribution >= 4 is 11.9 Å². The van der Waals surface area contributed by atoms with E-state index in [0.29, 0.717) is 35.9 Å². The van der Waals surface area contributed by atoms with Crippen LogP contribution in [0.5, 0.6) is 11.5 Å². The summed E-state index contributed by atoms with van der Waals surface area (Å²) in [4.78, 5) is 21.4. The first-order valence-electron chi connectivity index (χ1n) is 10.9. The van der Waals surface area contributed by atoms with Crippen LogP contribution in [0.1, 0.15) is 39.0 Å². The second-order valence-corrected chi connectivity index (χ2v) is 7.85. The van der Waals surface area contributed by atoms with Crippen molar-refractivity contribution in [3.05, 3.63) is 18.2 Å². The van der Waals surface area contributed by atoms with Crippen molar-refractivity contribution in [1.82, 2.24) is 15.0 Å². The third kappa shape index (κ3) is 4.37. The Morgan fingerprint density at radius 2 is 1.90 bits per heavy atom. The minimum Gasteiger partial charge on any atom is -0.493 e. The molecule has 0 radical (unpaired) electrons. The fourth-order valence-electron chi connectivity index (χ4n) is 4.23. The van der Waals surface area contributed by atoms with E-state index in [1.165, 1.54) is 6.42 Å². The van der Waals surface area contributed by atoms with Crippen molar-refractivity contribution in [2.24, 2.45) is 5.92 Å². The number of piperidine rings is 2. The van der Waals surface area contributed by atoms with Crippen LogP contribution in [0.3, 0.4) is 0 Å². The second kappa shape index (κ2) is 9.36. The second-order valence-electron chi connectivity index (χ2n) is 7.85. The molecule has 2 aliphatic rings. The summed E-state index contributed by atoms with van der Waals surface area (Å²) in [6.45, 7) is 5.83. The van der Waals surface area contributed by atoms with Crippen molar-refractivity contribution < 1.29 is 18.8 Å². The van der Waals surface area contributed by atoms with Gasteiger partial charge in [0.25, 0.3) is 0 Å². The van der Waals surface area contributed by atoms with Crippen molar-refractivity contribution in [1.29, 1.82) is 0 Å². The molecule has 8 heteroatoms. The molecule has 2 aromatic rings. The molecule has 1 aromatic carbocycles. The van der Waals surface area contributed by atoms with Gasteiger partial charge in [0, 0.05) is 37.7 Å². The van der Waals surface area contributed by atoms with E-state index in [0.717, 1.165) is 57.4 Å². The molecule has 8 nitrogen and oxygen atoms in total. The summed E-state index contributed by atoms with van der Waals surface area (Å²) in [6.07, 6.45) is 5.15. The summed E-state index contributed by atoms with van der Waals surface area (Å²) in [5.74, 6) is 2.27. The molecule has 162 valence electrons. The van der Waals surface area contributed by atoms with Crippen molar-refractivity contribution in [2.75, 3.05) is 44.8 Å². The van der Waals surface area contributed by atoms with Crippen molar-refractivity contribution in [2.45, 2.75) is 39.0 Å². The van der Waals surface area contributed by atoms with Gasteiger partial charge in [-0.05, 0) is 57.2 Å². The minimum absolute atomic E-state index is 0.108. The molecule has 2 aliphatic heterocycles. The lowest BCUT2D eigenvalue weighted by Crippen LogP contribution is -2.44. The molecule has 1 amide bonds. The average molecular weight is 415 g/mol. The Balaban J connectivity index is 1.38. The Hall–Kier alpha value is -2.77. The Kier molecular flexibility index (Phi) is 6.40. The van der Waals surface area contributed by atoms with E-state index in [1.54, 1.807) is 7.11 Å². The molecule has 0 atom stereocenters. The fraction of sp³-hybridized carbons (Fsp3) is 0.591. The van der Waals surface area contributed by atoms with Crippen LogP contribution < -0.4 is 14.4 Å². The highest BCUT2D eigenvalue weighted by molar-refractivity contribution is 5.79. The zero-order valence-corrected chi connectivity index (χ0v) is 17.8. The van der Waals surface area contributed by atoms with Crippen LogP contribution in [-0.4, -0.2) is 60.8 Å². The molecule has 0 N–H and O–H groups in total. The largest absolute Gasteiger partial charge is 0.493 e. The van der Waals surface area contributed by atoms with Gasteiger partial charge in [-0.15, -0.1) is 0 Å². The number of aromatic nitrogens is 2. The topological polar surface area (TPSA) is 80.9 Å². The molecular formula is C22H30N4O4. The molecule has 2 fully saturated rings. The summed E-state index contributed by atoms with van der Waals surface area (Å²) in [6, 6.07) is 6.10. The van der Waals surface area contributed by atoms with Crippen molar-refractivity contribution in [3.63, 3.8) is 0 Å². The maximum atomic E-state index is 12.8. The summed E-state index contributed by atoms with van der Waals surface area (Å²) in [7, 11) is 1.61. The van der Waals surface area contributed by atoms with Gasteiger partial charge in [0.1, 0.15) is 0 Å². The monoisotopic (exact) mass is 414 g/mol. The molecule has 0 unspecified atom stereocenters. The Labute approximate surface area is 177 Å². The van der Waals surface area contributed by atoms with Crippen LogP contribution >= 0.6 is 0 Å². The molecular weight excluding hydrogens is 384 g/mol. The molecule has 1 aromatic heterocycles. The number of nitrogens with zero attached hydrogens (tertiary/aromatic N) is 4. The molecule has 0 bridgehead atoms. The first-order valence-corrected chi connectivity index (χ1v) is 10.9. The van der Waals surface area contributed by atoms with Crippen LogP contribution in [0.2, 0.25) is 0 Å². The van der Waals surface area contributed by atoms with E-state index in [1.807, 2.05) is 30.0 Å². The third-order valence-corrected chi connectivity index (χ3v) is 5.92. The zero-order valence-electron chi connectivity index (χ0n) is 17.8. The van der Waals surface area contributed by atoms with E-state index < -0.39 is 0 Å². The molecule has 30 heavy (non-hydrogen) atoms. The van der Waals surface area contributed by atoms with Gasteiger partial charge in [0.05, 0.1) is 13.7 Å². The van der Waals surface area contributed by atoms with Gasteiger partial charge in [0.2, 0.25) is 11.7 Å². The van der Waals surface area contributed by atoms with E-state index in [9.17, 15) is 4.79 Å². The predicted molar refractivity (Wildman–Crippen MR) is 113 cm³/mol. The fourth-order valence-corrected chi connectivity index (χ4v) is 4.23. The summed E-state index contributed by atoms with van der Waals surface area (Å²) in [5.41, 5.74) is 0.806. The molecule has 0 saturated carbocycles. The maximum Gasteiger partial charge on any atom is 0.324 e. The van der Waals surface area contributed by atoms with Crippen LogP contribution in [0.4, 0.5) is 6.01 Å². The third-order valence-electron chi connectivity index (χ3n) is 5.92. The highest BCUT2D eigenvalue weighted by atomic mass is 16.5. The number of carbonyl (C=O) groups excluding carboxylic acids is 1. The Morgan fingerprint density at radius 3 is 2.60 bits per heavy atom. The quantitative estimate of drug-likeness (QED) is 0.717. The molecule has 0 aliphatic carbocycles. The lowest BCUT2D eigenvalue weighted by molar-refractivity contribution is -0.137. The number of likely N-dealkylation sites (tertiary alicyclic amines) is 1. The predicted octanol–water partition coefficient (Wildman–Crippen LogP) is 3.37. The molecule has 3 heterocycles. The van der Waals surface area contributed by atoms with Crippen LogP contribution in [0.15, 0.2) is 22.7 Å². The number of methoxy groups -OCH3 is 1. The number of ether oxygens (including phenoxy) is 2. The highest BCUT2D eigenvalue weighted by Gasteiger charge is 2.30. The Bertz CT molecular complexity index is 855. The molecule has 2 saturated heterocycles. The normalized spacial score (nSPS) is 17.8. The number of hydrogen-bond acceptors (Lipinski definition) is 7. The first kappa shape index (κ1) is 20.5. The minimum atomic E-state index is 0.108. The summed E-state index contributed by atoms with van der Waals surface area (Å²) >= 11 is 0. The number of hydrogen-bond donors (Lipinski definition) is 0. The number of carbonyl (C=O) groups is 1. The lowest BCUT2D eigenvalue weighted by Gasteiger charge is -2.34. The van der Waals surface area contributed by atoms with Gasteiger partial charge in [-0.1, -0.05) is 5.16 Å². The lowest BCUT2D eigenvalue weighted by atomic mass is 9.94. The standard InChI is InChI=1S/C22H30N4O4/c1-3-29-18-8-7-17(15-19(18)28-2)20-23-22(30-24-20)26-13-9-16(10-14-26)21(27)25-11-5-4-6-12-25/h7-8,15-16H,3-6,9-14H2,1-2H3. The van der Waals surface area contributed by atoms with E-state index in [-0.39, 0.29) is 5.92 Å². The van der Waals surface area contributed by atoms with Gasteiger partial charge >= 0.3 is 6.01 Å². The number of benzene rings is 1.